The molecule has 2 unspecified atom stereocenters. The van der Waals surface area contributed by atoms with Crippen molar-refractivity contribution in [3.05, 3.63) is 71.3 Å². The Kier molecular flexibility index (Phi) is 8.49. The number of Topliss-reactive ketones (excluding diaryl/α,β-unsaturated/α-hetero) is 1. The monoisotopic (exact) mass is 468 g/mol. The Balaban J connectivity index is 1.33. The van der Waals surface area contributed by atoms with Crippen LogP contribution >= 0.6 is 0 Å². The highest BCUT2D eigenvalue weighted by molar-refractivity contribution is 5.88. The average Bonchev–Trinajstić information content (AvgIpc) is 3.49. The van der Waals surface area contributed by atoms with E-state index in [1.165, 1.54) is 12.1 Å². The van der Waals surface area contributed by atoms with E-state index in [-0.39, 0.29) is 23.7 Å². The molecule has 2 aromatic rings. The van der Waals surface area contributed by atoms with Gasteiger partial charge in [-0.3, -0.25) is 14.6 Å². The number of carbonyl (C=O) groups is 1. The summed E-state index contributed by atoms with van der Waals surface area (Å²) in [7, 11) is 0. The predicted molar refractivity (Wildman–Crippen MR) is 133 cm³/mol. The van der Waals surface area contributed by atoms with Crippen LogP contribution in [-0.2, 0) is 17.6 Å². The van der Waals surface area contributed by atoms with Crippen molar-refractivity contribution in [1.29, 1.82) is 0 Å². The van der Waals surface area contributed by atoms with E-state index in [0.717, 1.165) is 75.6 Å². The second-order valence-electron chi connectivity index (χ2n) is 10.2. The van der Waals surface area contributed by atoms with E-state index in [1.54, 1.807) is 24.3 Å². The molecule has 2 aliphatic rings. The van der Waals surface area contributed by atoms with Gasteiger partial charge in [0.2, 0.25) is 0 Å². The molecule has 0 N–H and O–H groups in total. The molecule has 2 aliphatic heterocycles. The summed E-state index contributed by atoms with van der Waals surface area (Å²) in [5, 5.41) is 0. The van der Waals surface area contributed by atoms with E-state index >= 15 is 0 Å². The number of halogens is 2. The molecule has 0 aromatic heterocycles. The van der Waals surface area contributed by atoms with Crippen molar-refractivity contribution >= 4 is 5.78 Å². The van der Waals surface area contributed by atoms with Crippen LogP contribution in [0.4, 0.5) is 8.78 Å². The van der Waals surface area contributed by atoms with Crippen molar-refractivity contribution < 1.29 is 13.6 Å². The summed E-state index contributed by atoms with van der Waals surface area (Å²) in [6.45, 7) is 6.04. The van der Waals surface area contributed by atoms with Crippen molar-refractivity contribution in [3.63, 3.8) is 0 Å². The molecule has 184 valence electrons. The molecule has 34 heavy (non-hydrogen) atoms. The lowest BCUT2D eigenvalue weighted by molar-refractivity contribution is -0.129. The van der Waals surface area contributed by atoms with Gasteiger partial charge in [0.05, 0.1) is 12.1 Å². The van der Waals surface area contributed by atoms with Crippen LogP contribution in [0.2, 0.25) is 0 Å². The fraction of sp³-hybridized carbons (Fsp3) is 0.552. The smallest absolute Gasteiger partial charge is 0.166 e. The fourth-order valence-electron chi connectivity index (χ4n) is 6.08. The maximum absolute atomic E-state index is 13.6. The SMILES string of the molecule is CC(C(=O)C(C)N1CCC[C@H]1CCc1cccc(F)c1)N1CCC[C@H]1CCc1cccc(F)c1. The van der Waals surface area contributed by atoms with Gasteiger partial charge in [-0.25, -0.2) is 8.78 Å². The molecular weight excluding hydrogens is 430 g/mol. The molecule has 0 amide bonds. The number of ketones is 1. The Hall–Kier alpha value is -2.11. The van der Waals surface area contributed by atoms with Gasteiger partial charge in [0.1, 0.15) is 11.6 Å². The molecule has 3 nitrogen and oxygen atoms in total. The van der Waals surface area contributed by atoms with Gasteiger partial charge in [-0.1, -0.05) is 24.3 Å². The highest BCUT2D eigenvalue weighted by atomic mass is 19.1. The van der Waals surface area contributed by atoms with Gasteiger partial charge in [0.15, 0.2) is 5.78 Å². The van der Waals surface area contributed by atoms with Crippen LogP contribution in [0, 0.1) is 11.6 Å². The maximum Gasteiger partial charge on any atom is 0.166 e. The molecule has 4 rings (SSSR count). The number of aryl methyl sites for hydroxylation is 2. The molecule has 0 bridgehead atoms. The first-order valence-electron chi connectivity index (χ1n) is 13.0. The summed E-state index contributed by atoms with van der Waals surface area (Å²) in [6, 6.07) is 14.2. The van der Waals surface area contributed by atoms with Gasteiger partial charge in [0.25, 0.3) is 0 Å². The standard InChI is InChI=1S/C29H38F2N2O/c1-21(32-17-5-11-27(32)15-13-23-7-3-9-25(30)19-23)29(34)22(2)33-18-6-12-28(33)16-14-24-8-4-10-26(31)20-24/h3-4,7-10,19-22,27-28H,5-6,11-18H2,1-2H3/t21?,22?,27-,28-/m0/s1. The molecule has 4 atom stereocenters. The third-order valence-corrected chi connectivity index (χ3v) is 7.97. The van der Waals surface area contributed by atoms with Gasteiger partial charge in [-0.2, -0.15) is 0 Å². The Bertz CT molecular complexity index is 889. The van der Waals surface area contributed by atoms with Gasteiger partial charge in [-0.15, -0.1) is 0 Å². The lowest BCUT2D eigenvalue weighted by atomic mass is 9.98. The topological polar surface area (TPSA) is 23.6 Å². The van der Waals surface area contributed by atoms with Crippen LogP contribution < -0.4 is 0 Å². The number of hydrogen-bond donors (Lipinski definition) is 0. The highest BCUT2D eigenvalue weighted by Crippen LogP contribution is 2.28. The molecule has 2 aromatic carbocycles. The Labute approximate surface area is 203 Å². The van der Waals surface area contributed by atoms with Gasteiger partial charge < -0.3 is 0 Å². The minimum atomic E-state index is -0.185. The van der Waals surface area contributed by atoms with Crippen LogP contribution in [-0.4, -0.2) is 52.8 Å². The number of nitrogens with zero attached hydrogens (tertiary/aromatic N) is 2. The minimum Gasteiger partial charge on any atom is -0.296 e. The Morgan fingerprint density at radius 3 is 1.68 bits per heavy atom. The number of hydrogen-bond acceptors (Lipinski definition) is 3. The maximum atomic E-state index is 13.6. The molecule has 0 radical (unpaired) electrons. The van der Waals surface area contributed by atoms with E-state index in [1.807, 2.05) is 12.1 Å². The lowest BCUT2D eigenvalue weighted by Gasteiger charge is -2.36. The van der Waals surface area contributed by atoms with E-state index in [4.69, 9.17) is 0 Å². The largest absolute Gasteiger partial charge is 0.296 e. The quantitative estimate of drug-likeness (QED) is 0.440. The second-order valence-corrected chi connectivity index (χ2v) is 10.2. The number of likely N-dealkylation sites (tertiary alicyclic amines) is 2. The zero-order valence-electron chi connectivity index (χ0n) is 20.6. The van der Waals surface area contributed by atoms with Crippen molar-refractivity contribution in [3.8, 4) is 0 Å². The number of benzene rings is 2. The normalized spacial score (nSPS) is 23.3. The van der Waals surface area contributed by atoms with Crippen LogP contribution in [0.1, 0.15) is 63.5 Å². The summed E-state index contributed by atoms with van der Waals surface area (Å²) in [5.41, 5.74) is 2.05. The predicted octanol–water partition coefficient (Wildman–Crippen LogP) is 5.81. The summed E-state index contributed by atoms with van der Waals surface area (Å²) in [5.74, 6) is -0.0678. The minimum absolute atomic E-state index is 0.112. The molecule has 2 fully saturated rings. The van der Waals surface area contributed by atoms with E-state index in [2.05, 4.69) is 23.6 Å². The second kappa shape index (κ2) is 11.5. The fourth-order valence-corrected chi connectivity index (χ4v) is 6.08. The lowest BCUT2D eigenvalue weighted by Crippen LogP contribution is -2.51. The number of carbonyl (C=O) groups excluding carboxylic acids is 1. The molecule has 5 heteroatoms. The van der Waals surface area contributed by atoms with E-state index in [9.17, 15) is 13.6 Å². The molecule has 0 saturated carbocycles. The molecule has 0 spiro atoms. The zero-order valence-corrected chi connectivity index (χ0v) is 20.6. The van der Waals surface area contributed by atoms with Crippen molar-refractivity contribution in [2.45, 2.75) is 89.4 Å². The third-order valence-electron chi connectivity index (χ3n) is 7.97. The first-order valence-corrected chi connectivity index (χ1v) is 13.0. The van der Waals surface area contributed by atoms with Crippen molar-refractivity contribution in [1.82, 2.24) is 9.80 Å². The average molecular weight is 469 g/mol. The summed E-state index contributed by atoms with van der Waals surface area (Å²) < 4.78 is 27.1. The van der Waals surface area contributed by atoms with E-state index < -0.39 is 0 Å². The molecular formula is C29H38F2N2O. The third kappa shape index (κ3) is 6.11. The van der Waals surface area contributed by atoms with Crippen LogP contribution in [0.5, 0.6) is 0 Å². The van der Waals surface area contributed by atoms with Crippen LogP contribution in [0.3, 0.4) is 0 Å². The van der Waals surface area contributed by atoms with Crippen molar-refractivity contribution in [2.24, 2.45) is 0 Å². The Morgan fingerprint density at radius 2 is 1.26 bits per heavy atom. The highest BCUT2D eigenvalue weighted by Gasteiger charge is 2.38. The van der Waals surface area contributed by atoms with Crippen LogP contribution in [0.25, 0.3) is 0 Å². The molecule has 2 heterocycles. The van der Waals surface area contributed by atoms with Crippen molar-refractivity contribution in [2.75, 3.05) is 13.1 Å². The van der Waals surface area contributed by atoms with Gasteiger partial charge >= 0.3 is 0 Å². The molecule has 2 saturated heterocycles. The van der Waals surface area contributed by atoms with E-state index in [0.29, 0.717) is 17.9 Å². The van der Waals surface area contributed by atoms with Gasteiger partial charge in [0, 0.05) is 12.1 Å². The summed E-state index contributed by atoms with van der Waals surface area (Å²) in [6.07, 6.45) is 8.00. The molecule has 0 aliphatic carbocycles. The Morgan fingerprint density at radius 1 is 0.824 bits per heavy atom. The summed E-state index contributed by atoms with van der Waals surface area (Å²) >= 11 is 0. The first-order chi connectivity index (χ1) is 16.4. The summed E-state index contributed by atoms with van der Waals surface area (Å²) in [4.78, 5) is 18.3. The number of rotatable bonds is 10. The zero-order chi connectivity index (χ0) is 24.1. The van der Waals surface area contributed by atoms with Crippen LogP contribution in [0.15, 0.2) is 48.5 Å². The first kappa shape index (κ1) is 25.0. The van der Waals surface area contributed by atoms with Gasteiger partial charge in [-0.05, 0) is 114 Å².